The van der Waals surface area contributed by atoms with Crippen LogP contribution in [-0.2, 0) is 4.79 Å². The van der Waals surface area contributed by atoms with Gasteiger partial charge in [-0.25, -0.2) is 0 Å². The van der Waals surface area contributed by atoms with Crippen LogP contribution < -0.4 is 9.47 Å². The third-order valence-corrected chi connectivity index (χ3v) is 3.70. The van der Waals surface area contributed by atoms with Crippen molar-refractivity contribution in [3.8, 4) is 11.5 Å². The first-order valence-corrected chi connectivity index (χ1v) is 7.16. The quantitative estimate of drug-likeness (QED) is 0.876. The Morgan fingerprint density at radius 3 is 2.55 bits per heavy atom. The lowest BCUT2D eigenvalue weighted by atomic mass is 9.99. The highest BCUT2D eigenvalue weighted by atomic mass is 16.5. The molecule has 0 aliphatic rings. The highest BCUT2D eigenvalue weighted by Gasteiger charge is 2.12. The smallest absolute Gasteiger partial charge is 0.310 e. The molecule has 2 aromatic carbocycles. The summed E-state index contributed by atoms with van der Waals surface area (Å²) in [5.74, 6) is 0.124. The van der Waals surface area contributed by atoms with Crippen molar-refractivity contribution in [2.75, 3.05) is 14.2 Å². The Balaban J connectivity index is 2.58. The van der Waals surface area contributed by atoms with Gasteiger partial charge in [0.2, 0.25) is 0 Å². The van der Waals surface area contributed by atoms with E-state index in [9.17, 15) is 9.90 Å². The molecule has 2 aromatic rings. The Labute approximate surface area is 130 Å². The number of ether oxygens (including phenoxy) is 2. The summed E-state index contributed by atoms with van der Waals surface area (Å²) in [5.41, 5.74) is 0.860. The summed E-state index contributed by atoms with van der Waals surface area (Å²) in [6, 6.07) is 9.66. The molecule has 0 fully saturated rings. The molecule has 1 N–H and O–H groups in total. The first-order valence-electron chi connectivity index (χ1n) is 7.16. The number of rotatable bonds is 6. The van der Waals surface area contributed by atoms with Crippen LogP contribution in [0.3, 0.4) is 0 Å². The predicted molar refractivity (Wildman–Crippen MR) is 87.5 cm³/mol. The number of hydrogen-bond donors (Lipinski definition) is 1. The Hall–Kier alpha value is -2.49. The van der Waals surface area contributed by atoms with Gasteiger partial charge in [-0.15, -0.1) is 0 Å². The number of carbonyl (C=O) groups is 1. The highest BCUT2D eigenvalue weighted by Crippen LogP contribution is 2.32. The van der Waals surface area contributed by atoms with Crippen LogP contribution >= 0.6 is 0 Å². The van der Waals surface area contributed by atoms with Gasteiger partial charge >= 0.3 is 5.97 Å². The van der Waals surface area contributed by atoms with Crippen molar-refractivity contribution in [3.63, 3.8) is 0 Å². The fourth-order valence-corrected chi connectivity index (χ4v) is 2.38. The molecule has 0 amide bonds. The molecule has 0 aliphatic carbocycles. The summed E-state index contributed by atoms with van der Waals surface area (Å²) in [6.45, 7) is 1.85. The van der Waals surface area contributed by atoms with Gasteiger partial charge in [0.25, 0.3) is 0 Å². The van der Waals surface area contributed by atoms with Gasteiger partial charge in [-0.3, -0.25) is 4.79 Å². The summed E-state index contributed by atoms with van der Waals surface area (Å²) >= 11 is 0. The largest absolute Gasteiger partial charge is 0.497 e. The zero-order chi connectivity index (χ0) is 16.1. The maximum Gasteiger partial charge on any atom is 0.310 e. The molecular weight excluding hydrogens is 280 g/mol. The molecule has 0 heterocycles. The van der Waals surface area contributed by atoms with E-state index in [-0.39, 0.29) is 0 Å². The Morgan fingerprint density at radius 2 is 1.95 bits per heavy atom. The minimum Gasteiger partial charge on any atom is -0.497 e. The van der Waals surface area contributed by atoms with Gasteiger partial charge in [-0.1, -0.05) is 31.2 Å². The minimum atomic E-state index is -0.824. The number of methoxy groups -OCH3 is 2. The van der Waals surface area contributed by atoms with Gasteiger partial charge < -0.3 is 14.6 Å². The zero-order valence-corrected chi connectivity index (χ0v) is 13.0. The molecule has 4 heteroatoms. The molecule has 2 rings (SSSR count). The van der Waals surface area contributed by atoms with Crippen LogP contribution in [0.1, 0.15) is 18.9 Å². The Bertz CT molecular complexity index is 698. The third-order valence-electron chi connectivity index (χ3n) is 3.70. The molecule has 0 aliphatic heterocycles. The second-order valence-corrected chi connectivity index (χ2v) is 4.98. The molecule has 22 heavy (non-hydrogen) atoms. The molecule has 116 valence electrons. The molecule has 1 unspecified atom stereocenters. The summed E-state index contributed by atoms with van der Waals surface area (Å²) in [6.07, 6.45) is 4.07. The summed E-state index contributed by atoms with van der Waals surface area (Å²) < 4.78 is 10.7. The van der Waals surface area contributed by atoms with Gasteiger partial charge in [0.15, 0.2) is 0 Å². The number of benzene rings is 2. The van der Waals surface area contributed by atoms with E-state index < -0.39 is 11.9 Å². The fourth-order valence-electron chi connectivity index (χ4n) is 2.38. The van der Waals surface area contributed by atoms with Crippen LogP contribution in [0.2, 0.25) is 0 Å². The lowest BCUT2D eigenvalue weighted by molar-refractivity contribution is -0.140. The number of aliphatic carboxylic acids is 1. The van der Waals surface area contributed by atoms with Crippen LogP contribution in [0.15, 0.2) is 36.4 Å². The number of hydrogen-bond acceptors (Lipinski definition) is 3. The molecule has 0 spiro atoms. The van der Waals surface area contributed by atoms with E-state index in [0.717, 1.165) is 22.1 Å². The van der Waals surface area contributed by atoms with E-state index in [2.05, 4.69) is 0 Å². The SMILES string of the molecule is CCC(C=Cc1c(OC)ccc2ccc(OC)cc12)C(=O)O. The van der Waals surface area contributed by atoms with Crippen molar-refractivity contribution < 1.29 is 19.4 Å². The fraction of sp³-hybridized carbons (Fsp3) is 0.278. The molecule has 0 saturated carbocycles. The van der Waals surface area contributed by atoms with Crippen LogP contribution in [0.5, 0.6) is 11.5 Å². The van der Waals surface area contributed by atoms with Crippen molar-refractivity contribution in [1.29, 1.82) is 0 Å². The molecule has 0 bridgehead atoms. The van der Waals surface area contributed by atoms with Crippen molar-refractivity contribution in [2.24, 2.45) is 5.92 Å². The monoisotopic (exact) mass is 300 g/mol. The molecular formula is C18H20O4. The standard InChI is InChI=1S/C18H20O4/c1-4-12(18(19)20)6-9-15-16-11-14(21-2)8-5-13(16)7-10-17(15)22-3/h5-12H,4H2,1-3H3,(H,19,20). The lowest BCUT2D eigenvalue weighted by Gasteiger charge is -2.11. The van der Waals surface area contributed by atoms with Gasteiger partial charge in [0, 0.05) is 5.56 Å². The number of fused-ring (bicyclic) bond motifs is 1. The second-order valence-electron chi connectivity index (χ2n) is 4.98. The normalized spacial score (nSPS) is 12.5. The van der Waals surface area contributed by atoms with Crippen LogP contribution in [-0.4, -0.2) is 25.3 Å². The van der Waals surface area contributed by atoms with E-state index in [0.29, 0.717) is 12.2 Å². The van der Waals surface area contributed by atoms with Crippen LogP contribution in [0.25, 0.3) is 16.8 Å². The number of carboxylic acid groups (broad SMARTS) is 1. The van der Waals surface area contributed by atoms with E-state index in [1.165, 1.54) is 0 Å². The van der Waals surface area contributed by atoms with Gasteiger partial charge in [0.05, 0.1) is 20.1 Å². The average Bonchev–Trinajstić information content (AvgIpc) is 2.54. The predicted octanol–water partition coefficient (Wildman–Crippen LogP) is 3.98. The van der Waals surface area contributed by atoms with E-state index in [4.69, 9.17) is 9.47 Å². The molecule has 0 radical (unpaired) electrons. The minimum absolute atomic E-state index is 0.509. The highest BCUT2D eigenvalue weighted by molar-refractivity contribution is 5.94. The second kappa shape index (κ2) is 6.98. The van der Waals surface area contributed by atoms with E-state index in [1.807, 2.05) is 43.3 Å². The van der Waals surface area contributed by atoms with Crippen molar-refractivity contribution in [1.82, 2.24) is 0 Å². The maximum atomic E-state index is 11.2. The van der Waals surface area contributed by atoms with Crippen molar-refractivity contribution in [3.05, 3.63) is 42.0 Å². The maximum absolute atomic E-state index is 11.2. The summed E-state index contributed by atoms with van der Waals surface area (Å²) in [7, 11) is 3.22. The lowest BCUT2D eigenvalue weighted by Crippen LogP contribution is -2.09. The number of carboxylic acids is 1. The van der Waals surface area contributed by atoms with Gasteiger partial charge in [-0.05, 0) is 35.4 Å². The van der Waals surface area contributed by atoms with Gasteiger partial charge in [-0.2, -0.15) is 0 Å². The average molecular weight is 300 g/mol. The Morgan fingerprint density at radius 1 is 1.23 bits per heavy atom. The molecule has 0 saturated heterocycles. The molecule has 0 aromatic heterocycles. The van der Waals surface area contributed by atoms with E-state index in [1.54, 1.807) is 20.3 Å². The third kappa shape index (κ3) is 3.22. The van der Waals surface area contributed by atoms with Crippen LogP contribution in [0, 0.1) is 5.92 Å². The summed E-state index contributed by atoms with van der Waals surface area (Å²) in [5, 5.41) is 11.2. The van der Waals surface area contributed by atoms with Gasteiger partial charge in [0.1, 0.15) is 11.5 Å². The summed E-state index contributed by atoms with van der Waals surface area (Å²) in [4.78, 5) is 11.2. The van der Waals surface area contributed by atoms with E-state index >= 15 is 0 Å². The topological polar surface area (TPSA) is 55.8 Å². The zero-order valence-electron chi connectivity index (χ0n) is 13.0. The first-order chi connectivity index (χ1) is 10.6. The Kier molecular flexibility index (Phi) is 5.04. The van der Waals surface area contributed by atoms with Crippen molar-refractivity contribution >= 4 is 22.8 Å². The first kappa shape index (κ1) is 15.9. The van der Waals surface area contributed by atoms with Crippen molar-refractivity contribution in [2.45, 2.75) is 13.3 Å². The molecule has 1 atom stereocenters. The molecule has 4 nitrogen and oxygen atoms in total. The van der Waals surface area contributed by atoms with Crippen LogP contribution in [0.4, 0.5) is 0 Å².